The number of nitrogens with one attached hydrogen (secondary N) is 1. The number of aliphatic hydroxyl groups excluding tert-OH is 1. The number of ether oxygens (including phenoxy) is 3. The molecule has 1 aliphatic heterocycles. The van der Waals surface area contributed by atoms with Crippen molar-refractivity contribution >= 4 is 35.3 Å². The van der Waals surface area contributed by atoms with E-state index in [2.05, 4.69) is 10.3 Å². The minimum absolute atomic E-state index is 0.0681. The van der Waals surface area contributed by atoms with Gasteiger partial charge in [-0.15, -0.1) is 11.8 Å². The SMILES string of the molecule is CC(=O)O[C@@H](C)C(=O)Nc1cccc(C2O[C@H](CSc3ncccc3C(=O)O)C[C@H](c3ccc(CO)cc3)O2)c1. The van der Waals surface area contributed by atoms with E-state index < -0.39 is 30.2 Å². The number of esters is 1. The van der Waals surface area contributed by atoms with E-state index in [1.54, 1.807) is 30.5 Å². The number of benzene rings is 2. The third-order valence-corrected chi connectivity index (χ3v) is 7.30. The predicted octanol–water partition coefficient (Wildman–Crippen LogP) is 4.50. The molecule has 1 saturated heterocycles. The molecule has 11 heteroatoms. The summed E-state index contributed by atoms with van der Waals surface area (Å²) in [6, 6.07) is 17.6. The van der Waals surface area contributed by atoms with Gasteiger partial charge >= 0.3 is 11.9 Å². The standard InChI is InChI=1S/C29H30N2O8S/c1-17(37-18(2)33)26(34)31-22-6-3-5-21(13-22)29-38-23(16-40-27-24(28(35)36)7-4-12-30-27)14-25(39-29)20-10-8-19(15-32)9-11-20/h3-13,17,23,25,29,32H,14-16H2,1-2H3,(H,31,34)(H,35,36)/t17-,23-,25+,29?/m0/s1. The van der Waals surface area contributed by atoms with E-state index >= 15 is 0 Å². The fraction of sp³-hybridized carbons (Fsp3) is 0.310. The zero-order valence-electron chi connectivity index (χ0n) is 22.0. The predicted molar refractivity (Wildman–Crippen MR) is 147 cm³/mol. The van der Waals surface area contributed by atoms with Crippen molar-refractivity contribution in [2.45, 2.75) is 56.5 Å². The first-order valence-electron chi connectivity index (χ1n) is 12.6. The first kappa shape index (κ1) is 29.2. The third-order valence-electron chi connectivity index (χ3n) is 6.16. The minimum Gasteiger partial charge on any atom is -0.478 e. The molecule has 10 nitrogen and oxygen atoms in total. The topological polar surface area (TPSA) is 144 Å². The van der Waals surface area contributed by atoms with Gasteiger partial charge < -0.3 is 29.7 Å². The number of thioether (sulfide) groups is 1. The Labute approximate surface area is 235 Å². The Kier molecular flexibility index (Phi) is 9.88. The molecule has 210 valence electrons. The summed E-state index contributed by atoms with van der Waals surface area (Å²) in [7, 11) is 0. The normalized spacial score (nSPS) is 19.4. The van der Waals surface area contributed by atoms with Crippen LogP contribution in [0, 0.1) is 0 Å². The maximum Gasteiger partial charge on any atom is 0.338 e. The lowest BCUT2D eigenvalue weighted by Gasteiger charge is -2.36. The Bertz CT molecular complexity index is 1350. The van der Waals surface area contributed by atoms with Gasteiger partial charge in [0.25, 0.3) is 5.91 Å². The zero-order valence-corrected chi connectivity index (χ0v) is 22.8. The van der Waals surface area contributed by atoms with Crippen LogP contribution in [-0.2, 0) is 30.4 Å². The van der Waals surface area contributed by atoms with Gasteiger partial charge in [-0.25, -0.2) is 9.78 Å². The Morgan fingerprint density at radius 2 is 1.88 bits per heavy atom. The van der Waals surface area contributed by atoms with Gasteiger partial charge in [0, 0.05) is 36.5 Å². The fourth-order valence-electron chi connectivity index (χ4n) is 4.17. The summed E-state index contributed by atoms with van der Waals surface area (Å²) in [6.07, 6.45) is -0.353. The molecule has 0 aliphatic carbocycles. The molecule has 1 amide bonds. The number of pyridine rings is 1. The summed E-state index contributed by atoms with van der Waals surface area (Å²) in [6.45, 7) is 2.66. The van der Waals surface area contributed by atoms with Crippen molar-refractivity contribution in [1.29, 1.82) is 0 Å². The third kappa shape index (κ3) is 7.66. The van der Waals surface area contributed by atoms with Crippen molar-refractivity contribution in [1.82, 2.24) is 4.98 Å². The summed E-state index contributed by atoms with van der Waals surface area (Å²) >= 11 is 1.30. The fourth-order valence-corrected chi connectivity index (χ4v) is 5.18. The number of carbonyl (C=O) groups excluding carboxylic acids is 2. The number of aromatic nitrogens is 1. The zero-order chi connectivity index (χ0) is 28.6. The molecule has 40 heavy (non-hydrogen) atoms. The number of aromatic carboxylic acids is 1. The average Bonchev–Trinajstić information content (AvgIpc) is 2.96. The van der Waals surface area contributed by atoms with Gasteiger partial charge in [-0.1, -0.05) is 36.4 Å². The average molecular weight is 567 g/mol. The quantitative estimate of drug-likeness (QED) is 0.237. The molecule has 1 aliphatic rings. The van der Waals surface area contributed by atoms with Gasteiger partial charge in [-0.3, -0.25) is 9.59 Å². The van der Waals surface area contributed by atoms with Gasteiger partial charge in [0.05, 0.1) is 24.4 Å². The molecular weight excluding hydrogens is 536 g/mol. The molecule has 1 fully saturated rings. The second kappa shape index (κ2) is 13.5. The molecule has 4 rings (SSSR count). The molecule has 3 N–H and O–H groups in total. The van der Waals surface area contributed by atoms with Crippen molar-refractivity contribution in [2.75, 3.05) is 11.1 Å². The van der Waals surface area contributed by atoms with Crippen molar-refractivity contribution in [3.63, 3.8) is 0 Å². The number of hydrogen-bond donors (Lipinski definition) is 3. The van der Waals surface area contributed by atoms with Crippen molar-refractivity contribution < 1.29 is 38.8 Å². The lowest BCUT2D eigenvalue weighted by atomic mass is 10.0. The molecule has 0 bridgehead atoms. The molecule has 0 saturated carbocycles. The van der Waals surface area contributed by atoms with Crippen molar-refractivity contribution in [3.8, 4) is 0 Å². The van der Waals surface area contributed by atoms with Crippen LogP contribution in [0.25, 0.3) is 0 Å². The van der Waals surface area contributed by atoms with Gasteiger partial charge in [-0.2, -0.15) is 0 Å². The Morgan fingerprint density at radius 3 is 2.58 bits per heavy atom. The smallest absolute Gasteiger partial charge is 0.338 e. The van der Waals surface area contributed by atoms with E-state index in [1.807, 2.05) is 30.3 Å². The lowest BCUT2D eigenvalue weighted by molar-refractivity contribution is -0.245. The number of amides is 1. The Hall–Kier alpha value is -3.77. The monoisotopic (exact) mass is 566 g/mol. The number of carbonyl (C=O) groups is 3. The Balaban J connectivity index is 1.55. The summed E-state index contributed by atoms with van der Waals surface area (Å²) < 4.78 is 17.6. The first-order valence-corrected chi connectivity index (χ1v) is 13.6. The van der Waals surface area contributed by atoms with Crippen LogP contribution < -0.4 is 5.32 Å². The van der Waals surface area contributed by atoms with Gasteiger partial charge in [0.1, 0.15) is 5.03 Å². The molecule has 2 heterocycles. The molecule has 1 unspecified atom stereocenters. The number of anilines is 1. The second-order valence-corrected chi connectivity index (χ2v) is 10.2. The second-order valence-electron chi connectivity index (χ2n) is 9.19. The van der Waals surface area contributed by atoms with Gasteiger partial charge in [0.2, 0.25) is 0 Å². The van der Waals surface area contributed by atoms with Crippen LogP contribution in [0.1, 0.15) is 59.7 Å². The van der Waals surface area contributed by atoms with Crippen LogP contribution in [0.15, 0.2) is 71.9 Å². The van der Waals surface area contributed by atoms with Crippen molar-refractivity contribution in [3.05, 3.63) is 89.1 Å². The first-order chi connectivity index (χ1) is 19.2. The highest BCUT2D eigenvalue weighted by molar-refractivity contribution is 7.99. The van der Waals surface area contributed by atoms with Crippen LogP contribution in [0.3, 0.4) is 0 Å². The number of nitrogens with zero attached hydrogens (tertiary/aromatic N) is 1. The molecule has 2 aromatic carbocycles. The highest BCUT2D eigenvalue weighted by Gasteiger charge is 2.33. The number of carboxylic acid groups (broad SMARTS) is 1. The van der Waals surface area contributed by atoms with Crippen LogP contribution in [0.4, 0.5) is 5.69 Å². The minimum atomic E-state index is -1.05. The molecule has 0 spiro atoms. The van der Waals surface area contributed by atoms with Crippen LogP contribution >= 0.6 is 11.8 Å². The van der Waals surface area contributed by atoms with Crippen molar-refractivity contribution in [2.24, 2.45) is 0 Å². The molecular formula is C29H30N2O8S. The Morgan fingerprint density at radius 1 is 1.10 bits per heavy atom. The highest BCUT2D eigenvalue weighted by atomic mass is 32.2. The van der Waals surface area contributed by atoms with Gasteiger partial charge in [-0.05, 0) is 42.3 Å². The van der Waals surface area contributed by atoms with Crippen LogP contribution in [0.5, 0.6) is 0 Å². The van der Waals surface area contributed by atoms with Gasteiger partial charge in [0.15, 0.2) is 12.4 Å². The lowest BCUT2D eigenvalue weighted by Crippen LogP contribution is -2.31. The molecule has 4 atom stereocenters. The molecule has 0 radical (unpaired) electrons. The maximum atomic E-state index is 12.5. The van der Waals surface area contributed by atoms with E-state index in [4.69, 9.17) is 14.2 Å². The van der Waals surface area contributed by atoms with Crippen LogP contribution in [-0.4, -0.2) is 51.0 Å². The summed E-state index contributed by atoms with van der Waals surface area (Å²) in [5, 5.41) is 22.1. The molecule has 3 aromatic rings. The largest absolute Gasteiger partial charge is 0.478 e. The van der Waals surface area contributed by atoms with E-state index in [1.165, 1.54) is 31.7 Å². The van der Waals surface area contributed by atoms with E-state index in [9.17, 15) is 24.6 Å². The molecule has 1 aromatic heterocycles. The number of carboxylic acids is 1. The van der Waals surface area contributed by atoms with E-state index in [0.717, 1.165) is 11.1 Å². The van der Waals surface area contributed by atoms with E-state index in [-0.39, 0.29) is 24.4 Å². The summed E-state index contributed by atoms with van der Waals surface area (Å²) in [5.41, 5.74) is 2.95. The number of aliphatic hydroxyl groups is 1. The van der Waals surface area contributed by atoms with E-state index in [0.29, 0.717) is 28.5 Å². The summed E-state index contributed by atoms with van der Waals surface area (Å²) in [5.74, 6) is -1.65. The highest BCUT2D eigenvalue weighted by Crippen LogP contribution is 2.40. The maximum absolute atomic E-state index is 12.5. The number of hydrogen-bond acceptors (Lipinski definition) is 9. The van der Waals surface area contributed by atoms with Crippen LogP contribution in [0.2, 0.25) is 0 Å². The number of rotatable bonds is 10. The summed E-state index contributed by atoms with van der Waals surface area (Å²) in [4.78, 5) is 39.5.